The predicted octanol–water partition coefficient (Wildman–Crippen LogP) is 4.02. The maximum absolute atomic E-state index is 12.2. The molecule has 14 heavy (non-hydrogen) atoms. The van der Waals surface area contributed by atoms with Gasteiger partial charge in [-0.25, -0.2) is 0 Å². The summed E-state index contributed by atoms with van der Waals surface area (Å²) in [5, 5.41) is 0. The molecule has 0 aromatic rings. The van der Waals surface area contributed by atoms with Crippen LogP contribution in [0.15, 0.2) is 0 Å². The molecule has 1 aliphatic rings. The lowest BCUT2D eigenvalue weighted by molar-refractivity contribution is -0.237. The standard InChI is InChI=1S/C6H6F6S2/c1-3(2)13-4(14-3,5(7,8)9)6(10,11)12/h1-2H3. The molecule has 0 aromatic carbocycles. The summed E-state index contributed by atoms with van der Waals surface area (Å²) < 4.78 is 68.7. The SMILES string of the molecule is CC1(C)SC(C(F)(F)F)(C(F)(F)F)S1. The van der Waals surface area contributed by atoms with Crippen molar-refractivity contribution in [1.29, 1.82) is 0 Å². The summed E-state index contributed by atoms with van der Waals surface area (Å²) in [5.41, 5.74) is 0. The van der Waals surface area contributed by atoms with Crippen molar-refractivity contribution < 1.29 is 26.3 Å². The highest BCUT2D eigenvalue weighted by Gasteiger charge is 2.79. The van der Waals surface area contributed by atoms with E-state index >= 15 is 0 Å². The van der Waals surface area contributed by atoms with Crippen LogP contribution in [0.1, 0.15) is 13.8 Å². The van der Waals surface area contributed by atoms with E-state index in [0.717, 1.165) is 0 Å². The number of hydrogen-bond acceptors (Lipinski definition) is 2. The molecule has 0 radical (unpaired) electrons. The number of rotatable bonds is 0. The van der Waals surface area contributed by atoms with Gasteiger partial charge in [0.05, 0.1) is 4.08 Å². The predicted molar refractivity (Wildman–Crippen MR) is 44.1 cm³/mol. The zero-order chi connectivity index (χ0) is 11.4. The fraction of sp³-hybridized carbons (Fsp3) is 1.00. The van der Waals surface area contributed by atoms with E-state index in [1.165, 1.54) is 13.8 Å². The lowest BCUT2D eigenvalue weighted by Crippen LogP contribution is -2.60. The Balaban J connectivity index is 2.99. The second-order valence-electron chi connectivity index (χ2n) is 3.22. The maximum atomic E-state index is 12.2. The molecule has 1 fully saturated rings. The molecule has 1 rings (SSSR count). The largest absolute Gasteiger partial charge is 0.421 e. The summed E-state index contributed by atoms with van der Waals surface area (Å²) in [4.78, 5) is 0. The van der Waals surface area contributed by atoms with E-state index in [9.17, 15) is 26.3 Å². The van der Waals surface area contributed by atoms with Crippen LogP contribution in [0, 0.1) is 0 Å². The van der Waals surface area contributed by atoms with Gasteiger partial charge in [0.25, 0.3) is 4.08 Å². The van der Waals surface area contributed by atoms with E-state index < -0.39 is 20.5 Å². The molecule has 0 unspecified atom stereocenters. The van der Waals surface area contributed by atoms with Gasteiger partial charge in [-0.15, -0.1) is 23.5 Å². The van der Waals surface area contributed by atoms with Crippen molar-refractivity contribution in [3.05, 3.63) is 0 Å². The van der Waals surface area contributed by atoms with Crippen molar-refractivity contribution >= 4 is 23.5 Å². The van der Waals surface area contributed by atoms with Crippen molar-refractivity contribution in [2.45, 2.75) is 34.4 Å². The van der Waals surface area contributed by atoms with Crippen LogP contribution in [-0.2, 0) is 0 Å². The Bertz CT molecular complexity index is 216. The van der Waals surface area contributed by atoms with Gasteiger partial charge in [-0.05, 0) is 13.8 Å². The first kappa shape index (κ1) is 12.4. The van der Waals surface area contributed by atoms with E-state index in [2.05, 4.69) is 0 Å². The highest BCUT2D eigenvalue weighted by molar-refractivity contribution is 8.35. The van der Waals surface area contributed by atoms with Gasteiger partial charge in [-0.1, -0.05) is 0 Å². The smallest absolute Gasteiger partial charge is 0.168 e. The molecule has 0 spiro atoms. The molecule has 0 nitrogen and oxygen atoms in total. The van der Waals surface area contributed by atoms with Crippen LogP contribution in [-0.4, -0.2) is 20.5 Å². The Labute approximate surface area is 84.8 Å². The molecule has 0 aromatic heterocycles. The molecule has 0 aliphatic carbocycles. The second kappa shape index (κ2) is 2.90. The van der Waals surface area contributed by atoms with Gasteiger partial charge in [0, 0.05) is 0 Å². The highest BCUT2D eigenvalue weighted by atomic mass is 32.3. The van der Waals surface area contributed by atoms with Gasteiger partial charge < -0.3 is 0 Å². The van der Waals surface area contributed by atoms with Crippen molar-refractivity contribution in [3.8, 4) is 0 Å². The summed E-state index contributed by atoms with van der Waals surface area (Å²) in [6.45, 7) is 2.66. The van der Waals surface area contributed by atoms with Gasteiger partial charge in [0.1, 0.15) is 0 Å². The monoisotopic (exact) mass is 256 g/mol. The Morgan fingerprint density at radius 3 is 1.14 bits per heavy atom. The minimum Gasteiger partial charge on any atom is -0.168 e. The van der Waals surface area contributed by atoms with E-state index in [1.54, 1.807) is 0 Å². The van der Waals surface area contributed by atoms with Gasteiger partial charge in [-0.2, -0.15) is 26.3 Å². The Morgan fingerprint density at radius 2 is 1.07 bits per heavy atom. The van der Waals surface area contributed by atoms with Crippen LogP contribution in [0.25, 0.3) is 0 Å². The molecule has 0 saturated carbocycles. The fourth-order valence-electron chi connectivity index (χ4n) is 1.09. The van der Waals surface area contributed by atoms with Crippen molar-refractivity contribution in [1.82, 2.24) is 0 Å². The molecule has 0 N–H and O–H groups in total. The lowest BCUT2D eigenvalue weighted by Gasteiger charge is -2.51. The number of thioether (sulfide) groups is 2. The average molecular weight is 256 g/mol. The normalized spacial score (nSPS) is 25.7. The first-order valence-electron chi connectivity index (χ1n) is 3.45. The summed E-state index contributed by atoms with van der Waals surface area (Å²) in [6, 6.07) is 0. The zero-order valence-electron chi connectivity index (χ0n) is 7.08. The van der Waals surface area contributed by atoms with Crippen LogP contribution >= 0.6 is 23.5 Å². The Kier molecular flexibility index (Phi) is 2.56. The number of hydrogen-bond donors (Lipinski definition) is 0. The molecular formula is C6H6F6S2. The number of alkyl halides is 6. The van der Waals surface area contributed by atoms with Gasteiger partial charge in [-0.3, -0.25) is 0 Å². The van der Waals surface area contributed by atoms with Crippen LogP contribution < -0.4 is 0 Å². The molecule has 8 heteroatoms. The Morgan fingerprint density at radius 1 is 0.786 bits per heavy atom. The molecule has 0 bridgehead atoms. The average Bonchev–Trinajstić information content (AvgIpc) is 1.75. The summed E-state index contributed by atoms with van der Waals surface area (Å²) in [7, 11) is 0. The summed E-state index contributed by atoms with van der Waals surface area (Å²) in [5.74, 6) is 0. The first-order chi connectivity index (χ1) is 5.91. The summed E-state index contributed by atoms with van der Waals surface area (Å²) >= 11 is -0.190. The molecule has 0 atom stereocenters. The van der Waals surface area contributed by atoms with Gasteiger partial charge in [0.2, 0.25) is 0 Å². The van der Waals surface area contributed by atoms with Crippen molar-refractivity contribution in [2.24, 2.45) is 0 Å². The maximum Gasteiger partial charge on any atom is 0.421 e. The quantitative estimate of drug-likeness (QED) is 0.600. The third-order valence-corrected chi connectivity index (χ3v) is 5.01. The minimum absolute atomic E-state index is 0.0949. The van der Waals surface area contributed by atoms with Crippen LogP contribution in [0.2, 0.25) is 0 Å². The molecule has 84 valence electrons. The zero-order valence-corrected chi connectivity index (χ0v) is 8.72. The van der Waals surface area contributed by atoms with Crippen LogP contribution in [0.4, 0.5) is 26.3 Å². The molecular weight excluding hydrogens is 250 g/mol. The van der Waals surface area contributed by atoms with Gasteiger partial charge >= 0.3 is 12.4 Å². The van der Waals surface area contributed by atoms with Crippen LogP contribution in [0.3, 0.4) is 0 Å². The van der Waals surface area contributed by atoms with Crippen molar-refractivity contribution in [2.75, 3.05) is 0 Å². The molecule has 0 amide bonds. The minimum atomic E-state index is -5.27. The highest BCUT2D eigenvalue weighted by Crippen LogP contribution is 2.74. The van der Waals surface area contributed by atoms with E-state index in [4.69, 9.17) is 0 Å². The van der Waals surface area contributed by atoms with E-state index in [-0.39, 0.29) is 23.5 Å². The fourth-order valence-corrected chi connectivity index (χ4v) is 4.70. The second-order valence-corrected chi connectivity index (χ2v) is 7.41. The molecule has 1 saturated heterocycles. The lowest BCUT2D eigenvalue weighted by atomic mass is 10.4. The molecule has 1 aliphatic heterocycles. The third kappa shape index (κ3) is 1.70. The molecule has 1 heterocycles. The topological polar surface area (TPSA) is 0 Å². The Hall–Kier alpha value is 0.280. The first-order valence-corrected chi connectivity index (χ1v) is 5.08. The van der Waals surface area contributed by atoms with Gasteiger partial charge in [0.15, 0.2) is 0 Å². The van der Waals surface area contributed by atoms with E-state index in [0.29, 0.717) is 0 Å². The third-order valence-electron chi connectivity index (χ3n) is 1.53. The summed E-state index contributed by atoms with van der Waals surface area (Å²) in [6.07, 6.45) is -10.5. The number of halogens is 6. The van der Waals surface area contributed by atoms with E-state index in [1.807, 2.05) is 0 Å². The van der Waals surface area contributed by atoms with Crippen molar-refractivity contribution in [3.63, 3.8) is 0 Å². The van der Waals surface area contributed by atoms with Crippen LogP contribution in [0.5, 0.6) is 0 Å².